The van der Waals surface area contributed by atoms with Gasteiger partial charge in [0.25, 0.3) is 0 Å². The van der Waals surface area contributed by atoms with Crippen molar-refractivity contribution in [2.75, 3.05) is 5.33 Å². The first-order chi connectivity index (χ1) is 6.47. The van der Waals surface area contributed by atoms with Gasteiger partial charge in [0.05, 0.1) is 0 Å². The predicted octanol–water partition coefficient (Wildman–Crippen LogP) is 5.06. The molecule has 0 unspecified atom stereocenters. The van der Waals surface area contributed by atoms with Gasteiger partial charge in [-0.1, -0.05) is 59.0 Å². The average Bonchev–Trinajstić information content (AvgIpc) is 2.02. The fourth-order valence-corrected chi connectivity index (χ4v) is 3.06. The van der Waals surface area contributed by atoms with Crippen LogP contribution in [0.4, 0.5) is 0 Å². The molecular formula is C11H13BrCl2. The van der Waals surface area contributed by atoms with Crippen molar-refractivity contribution in [2.45, 2.75) is 25.7 Å². The lowest BCUT2D eigenvalue weighted by molar-refractivity contribution is 0.512. The molecule has 0 nitrogen and oxygen atoms in total. The van der Waals surface area contributed by atoms with Gasteiger partial charge in [0.2, 0.25) is 0 Å². The Kier molecular flexibility index (Phi) is 4.30. The summed E-state index contributed by atoms with van der Waals surface area (Å²) in [5.74, 6) is 0. The number of hydrogen-bond donors (Lipinski definition) is 0. The average molecular weight is 296 g/mol. The Hall–Kier alpha value is 0.280. The maximum Gasteiger partial charge on any atom is 0.0458 e. The van der Waals surface area contributed by atoms with Crippen LogP contribution in [-0.4, -0.2) is 5.33 Å². The molecule has 0 heterocycles. The number of rotatable bonds is 3. The lowest BCUT2D eigenvalue weighted by Crippen LogP contribution is -2.18. The molecule has 0 amide bonds. The molecule has 0 bridgehead atoms. The summed E-state index contributed by atoms with van der Waals surface area (Å²) in [6, 6.07) is 5.69. The van der Waals surface area contributed by atoms with Gasteiger partial charge in [-0.25, -0.2) is 0 Å². The van der Waals surface area contributed by atoms with Crippen LogP contribution in [0, 0.1) is 0 Å². The van der Waals surface area contributed by atoms with E-state index in [0.29, 0.717) is 5.02 Å². The third kappa shape index (κ3) is 2.88. The lowest BCUT2D eigenvalue weighted by atomic mass is 9.82. The largest absolute Gasteiger partial charge is 0.0928 e. The van der Waals surface area contributed by atoms with Crippen LogP contribution >= 0.6 is 39.1 Å². The molecule has 14 heavy (non-hydrogen) atoms. The van der Waals surface area contributed by atoms with Gasteiger partial charge in [-0.3, -0.25) is 0 Å². The molecule has 0 fully saturated rings. The minimum Gasteiger partial charge on any atom is -0.0928 e. The van der Waals surface area contributed by atoms with Crippen molar-refractivity contribution in [1.82, 2.24) is 0 Å². The molecule has 1 rings (SSSR count). The highest BCUT2D eigenvalue weighted by Crippen LogP contribution is 2.34. The van der Waals surface area contributed by atoms with E-state index in [4.69, 9.17) is 23.2 Å². The fourth-order valence-electron chi connectivity index (χ4n) is 1.41. The maximum absolute atomic E-state index is 6.15. The van der Waals surface area contributed by atoms with E-state index in [1.165, 1.54) is 0 Å². The molecule has 0 aliphatic rings. The molecule has 0 saturated carbocycles. The molecular weight excluding hydrogens is 283 g/mol. The van der Waals surface area contributed by atoms with E-state index in [2.05, 4.69) is 29.8 Å². The van der Waals surface area contributed by atoms with E-state index in [1.54, 1.807) is 6.07 Å². The van der Waals surface area contributed by atoms with Crippen LogP contribution < -0.4 is 0 Å². The SMILES string of the molecule is CC(C)(CCBr)c1ccc(Cl)cc1Cl. The summed E-state index contributed by atoms with van der Waals surface area (Å²) in [5, 5.41) is 2.41. The lowest BCUT2D eigenvalue weighted by Gasteiger charge is -2.25. The van der Waals surface area contributed by atoms with E-state index in [0.717, 1.165) is 22.3 Å². The third-order valence-corrected chi connectivity index (χ3v) is 3.32. The summed E-state index contributed by atoms with van der Waals surface area (Å²) >= 11 is 15.5. The van der Waals surface area contributed by atoms with Crippen LogP contribution in [0.25, 0.3) is 0 Å². The first-order valence-corrected chi connectivity index (χ1v) is 6.36. The van der Waals surface area contributed by atoms with Crippen molar-refractivity contribution in [3.8, 4) is 0 Å². The zero-order chi connectivity index (χ0) is 10.8. The monoisotopic (exact) mass is 294 g/mol. The first-order valence-electron chi connectivity index (χ1n) is 4.49. The van der Waals surface area contributed by atoms with Gasteiger partial charge in [0, 0.05) is 15.4 Å². The molecule has 78 valence electrons. The Morgan fingerprint density at radius 1 is 1.29 bits per heavy atom. The van der Waals surface area contributed by atoms with Crippen molar-refractivity contribution >= 4 is 39.1 Å². The van der Waals surface area contributed by atoms with Gasteiger partial charge in [0.1, 0.15) is 0 Å². The maximum atomic E-state index is 6.15. The topological polar surface area (TPSA) is 0 Å². The summed E-state index contributed by atoms with van der Waals surface area (Å²) in [4.78, 5) is 0. The van der Waals surface area contributed by atoms with Gasteiger partial charge in [0.15, 0.2) is 0 Å². The molecule has 0 saturated heterocycles. The van der Waals surface area contributed by atoms with Crippen LogP contribution in [0.1, 0.15) is 25.8 Å². The summed E-state index contributed by atoms with van der Waals surface area (Å²) in [7, 11) is 0. The van der Waals surface area contributed by atoms with E-state index in [9.17, 15) is 0 Å². The normalized spacial score (nSPS) is 11.8. The van der Waals surface area contributed by atoms with E-state index in [1.807, 2.05) is 12.1 Å². The van der Waals surface area contributed by atoms with Gasteiger partial charge in [-0.15, -0.1) is 0 Å². The summed E-state index contributed by atoms with van der Waals surface area (Å²) < 4.78 is 0. The fraction of sp³-hybridized carbons (Fsp3) is 0.455. The highest BCUT2D eigenvalue weighted by molar-refractivity contribution is 9.09. The predicted molar refractivity (Wildman–Crippen MR) is 67.9 cm³/mol. The number of hydrogen-bond acceptors (Lipinski definition) is 0. The van der Waals surface area contributed by atoms with Crippen molar-refractivity contribution in [2.24, 2.45) is 0 Å². The van der Waals surface area contributed by atoms with E-state index in [-0.39, 0.29) is 5.41 Å². The molecule has 1 aromatic rings. The quantitative estimate of drug-likeness (QED) is 0.684. The van der Waals surface area contributed by atoms with Crippen molar-refractivity contribution in [3.63, 3.8) is 0 Å². The van der Waals surface area contributed by atoms with Gasteiger partial charge >= 0.3 is 0 Å². The Morgan fingerprint density at radius 3 is 2.43 bits per heavy atom. The molecule has 0 aliphatic carbocycles. The number of benzene rings is 1. The second-order valence-corrected chi connectivity index (χ2v) is 5.58. The molecule has 0 N–H and O–H groups in total. The van der Waals surface area contributed by atoms with Crippen LogP contribution in [0.5, 0.6) is 0 Å². The number of halogens is 3. The number of alkyl halides is 1. The van der Waals surface area contributed by atoms with Crippen molar-refractivity contribution in [3.05, 3.63) is 33.8 Å². The Labute approximate surface area is 104 Å². The van der Waals surface area contributed by atoms with Crippen LogP contribution in [-0.2, 0) is 5.41 Å². The standard InChI is InChI=1S/C11H13BrCl2/c1-11(2,5-6-12)9-4-3-8(13)7-10(9)14/h3-4,7H,5-6H2,1-2H3. The van der Waals surface area contributed by atoms with Crippen LogP contribution in [0.15, 0.2) is 18.2 Å². The first kappa shape index (κ1) is 12.4. The molecule has 0 radical (unpaired) electrons. The molecule has 0 atom stereocenters. The Balaban J connectivity index is 3.06. The molecule has 0 aliphatic heterocycles. The summed E-state index contributed by atoms with van der Waals surface area (Å²) in [6.07, 6.45) is 1.05. The summed E-state index contributed by atoms with van der Waals surface area (Å²) in [5.41, 5.74) is 1.24. The summed E-state index contributed by atoms with van der Waals surface area (Å²) in [6.45, 7) is 4.37. The van der Waals surface area contributed by atoms with Crippen LogP contribution in [0.2, 0.25) is 10.0 Å². The Bertz CT molecular complexity index is 321. The van der Waals surface area contributed by atoms with E-state index >= 15 is 0 Å². The van der Waals surface area contributed by atoms with E-state index < -0.39 is 0 Å². The zero-order valence-corrected chi connectivity index (χ0v) is 11.4. The molecule has 0 spiro atoms. The smallest absolute Gasteiger partial charge is 0.0458 e. The van der Waals surface area contributed by atoms with Crippen molar-refractivity contribution < 1.29 is 0 Å². The highest BCUT2D eigenvalue weighted by atomic mass is 79.9. The molecule has 1 aromatic carbocycles. The van der Waals surface area contributed by atoms with Crippen LogP contribution in [0.3, 0.4) is 0 Å². The second-order valence-electron chi connectivity index (χ2n) is 3.95. The molecule has 0 aromatic heterocycles. The van der Waals surface area contributed by atoms with Gasteiger partial charge < -0.3 is 0 Å². The minimum atomic E-state index is 0.0885. The second kappa shape index (κ2) is 4.87. The van der Waals surface area contributed by atoms with Gasteiger partial charge in [-0.05, 0) is 29.5 Å². The van der Waals surface area contributed by atoms with Gasteiger partial charge in [-0.2, -0.15) is 0 Å². The minimum absolute atomic E-state index is 0.0885. The zero-order valence-electron chi connectivity index (χ0n) is 8.28. The molecule has 3 heteroatoms. The third-order valence-electron chi connectivity index (χ3n) is 2.38. The van der Waals surface area contributed by atoms with Crippen molar-refractivity contribution in [1.29, 1.82) is 0 Å². The Morgan fingerprint density at radius 2 is 1.93 bits per heavy atom. The highest BCUT2D eigenvalue weighted by Gasteiger charge is 2.22.